The average molecular weight is 361 g/mol. The van der Waals surface area contributed by atoms with Crippen LogP contribution in [-0.2, 0) is 7.05 Å². The lowest BCUT2D eigenvalue weighted by Crippen LogP contribution is -2.40. The van der Waals surface area contributed by atoms with Crippen molar-refractivity contribution >= 4 is 5.96 Å². The van der Waals surface area contributed by atoms with Gasteiger partial charge in [-0.1, -0.05) is 6.92 Å². The van der Waals surface area contributed by atoms with Crippen LogP contribution in [0, 0.1) is 5.92 Å². The first-order valence-corrected chi connectivity index (χ1v) is 10.3. The van der Waals surface area contributed by atoms with E-state index in [-0.39, 0.29) is 0 Å². The molecule has 1 aromatic rings. The molecule has 6 heteroatoms. The third-order valence-electron chi connectivity index (χ3n) is 5.96. The lowest BCUT2D eigenvalue weighted by molar-refractivity contribution is 0.189. The zero-order valence-corrected chi connectivity index (χ0v) is 16.8. The molecule has 146 valence electrons. The summed E-state index contributed by atoms with van der Waals surface area (Å²) in [6, 6.07) is 0. The Kier molecular flexibility index (Phi) is 6.94. The maximum atomic E-state index is 4.50. The average Bonchev–Trinajstić information content (AvgIpc) is 3.29. The minimum absolute atomic E-state index is 0.573. The second-order valence-corrected chi connectivity index (χ2v) is 8.08. The van der Waals surface area contributed by atoms with E-state index in [9.17, 15) is 0 Å². The predicted molar refractivity (Wildman–Crippen MR) is 108 cm³/mol. The summed E-state index contributed by atoms with van der Waals surface area (Å²) in [4.78, 5) is 9.52. The summed E-state index contributed by atoms with van der Waals surface area (Å²) in [6.45, 7) is 9.34. The lowest BCUT2D eigenvalue weighted by Gasteiger charge is -2.30. The minimum Gasteiger partial charge on any atom is -0.356 e. The van der Waals surface area contributed by atoms with E-state index in [1.807, 2.05) is 25.0 Å². The highest BCUT2D eigenvalue weighted by molar-refractivity contribution is 5.80. The minimum atomic E-state index is 0.573. The highest BCUT2D eigenvalue weighted by Gasteiger charge is 2.26. The standard InChI is InChI=1S/C20H36N6/c1-17-6-11-25(12-7-17)10-5-4-9-22-20(21-2)26-13-8-18(16-26)19-14-23-24(3)15-19/h14-15,17-18H,4-13,16H2,1-3H3,(H,21,22). The van der Waals surface area contributed by atoms with Crippen molar-refractivity contribution in [2.75, 3.05) is 46.3 Å². The maximum absolute atomic E-state index is 4.50. The fourth-order valence-corrected chi connectivity index (χ4v) is 4.15. The van der Waals surface area contributed by atoms with Crippen molar-refractivity contribution in [2.45, 2.75) is 44.9 Å². The van der Waals surface area contributed by atoms with E-state index in [1.54, 1.807) is 0 Å². The molecule has 1 N–H and O–H groups in total. The Morgan fingerprint density at radius 1 is 1.23 bits per heavy atom. The van der Waals surface area contributed by atoms with Crippen molar-refractivity contribution < 1.29 is 0 Å². The van der Waals surface area contributed by atoms with Gasteiger partial charge in [0.05, 0.1) is 6.20 Å². The molecule has 2 saturated heterocycles. The van der Waals surface area contributed by atoms with Gasteiger partial charge in [-0.25, -0.2) is 0 Å². The molecule has 0 aliphatic carbocycles. The smallest absolute Gasteiger partial charge is 0.193 e. The summed E-state index contributed by atoms with van der Waals surface area (Å²) in [5.74, 6) is 2.55. The summed E-state index contributed by atoms with van der Waals surface area (Å²) < 4.78 is 1.90. The molecule has 2 aliphatic rings. The van der Waals surface area contributed by atoms with Crippen LogP contribution in [0.2, 0.25) is 0 Å². The topological polar surface area (TPSA) is 48.7 Å². The highest BCUT2D eigenvalue weighted by Crippen LogP contribution is 2.26. The van der Waals surface area contributed by atoms with Crippen LogP contribution in [0.15, 0.2) is 17.4 Å². The molecular weight excluding hydrogens is 324 g/mol. The quantitative estimate of drug-likeness (QED) is 0.480. The Morgan fingerprint density at radius 2 is 2.04 bits per heavy atom. The van der Waals surface area contributed by atoms with E-state index >= 15 is 0 Å². The summed E-state index contributed by atoms with van der Waals surface area (Å²) >= 11 is 0. The molecule has 2 fully saturated rings. The van der Waals surface area contributed by atoms with Gasteiger partial charge in [0.15, 0.2) is 5.96 Å². The molecule has 0 radical (unpaired) electrons. The maximum Gasteiger partial charge on any atom is 0.193 e. The lowest BCUT2D eigenvalue weighted by atomic mass is 9.99. The Balaban J connectivity index is 1.33. The summed E-state index contributed by atoms with van der Waals surface area (Å²) in [7, 11) is 3.88. The van der Waals surface area contributed by atoms with Crippen LogP contribution < -0.4 is 5.32 Å². The molecule has 0 amide bonds. The normalized spacial score (nSPS) is 23.0. The van der Waals surface area contributed by atoms with Crippen LogP contribution in [0.25, 0.3) is 0 Å². The van der Waals surface area contributed by atoms with Crippen LogP contribution in [0.4, 0.5) is 0 Å². The van der Waals surface area contributed by atoms with Crippen molar-refractivity contribution in [1.29, 1.82) is 0 Å². The number of nitrogens with one attached hydrogen (secondary N) is 1. The Hall–Kier alpha value is -1.56. The van der Waals surface area contributed by atoms with Crippen LogP contribution >= 0.6 is 0 Å². The third-order valence-corrected chi connectivity index (χ3v) is 5.96. The van der Waals surface area contributed by atoms with Gasteiger partial charge in [-0.15, -0.1) is 0 Å². The highest BCUT2D eigenvalue weighted by atomic mass is 15.3. The fraction of sp³-hybridized carbons (Fsp3) is 0.800. The van der Waals surface area contributed by atoms with E-state index in [0.717, 1.165) is 31.5 Å². The first-order chi connectivity index (χ1) is 12.7. The van der Waals surface area contributed by atoms with Gasteiger partial charge in [-0.3, -0.25) is 9.67 Å². The van der Waals surface area contributed by atoms with Crippen molar-refractivity contribution in [1.82, 2.24) is 24.9 Å². The molecule has 6 nitrogen and oxygen atoms in total. The SMILES string of the molecule is CN=C(NCCCCN1CCC(C)CC1)N1CCC(c2cnn(C)c2)C1. The van der Waals surface area contributed by atoms with E-state index in [4.69, 9.17) is 0 Å². The van der Waals surface area contributed by atoms with Crippen molar-refractivity contribution in [3.8, 4) is 0 Å². The van der Waals surface area contributed by atoms with E-state index in [2.05, 4.69) is 38.3 Å². The van der Waals surface area contributed by atoms with Gasteiger partial charge >= 0.3 is 0 Å². The first kappa shape index (κ1) is 19.2. The zero-order chi connectivity index (χ0) is 18.4. The molecule has 0 aromatic carbocycles. The number of likely N-dealkylation sites (tertiary alicyclic amines) is 2. The second-order valence-electron chi connectivity index (χ2n) is 8.08. The number of aryl methyl sites for hydroxylation is 1. The summed E-state index contributed by atoms with van der Waals surface area (Å²) in [5, 5.41) is 7.88. The van der Waals surface area contributed by atoms with Gasteiger partial charge in [0, 0.05) is 45.8 Å². The second kappa shape index (κ2) is 9.40. The monoisotopic (exact) mass is 360 g/mol. The van der Waals surface area contributed by atoms with E-state index in [1.165, 1.54) is 57.3 Å². The van der Waals surface area contributed by atoms with E-state index in [0.29, 0.717) is 5.92 Å². The molecule has 2 aliphatic heterocycles. The number of unbranched alkanes of at least 4 members (excludes halogenated alkanes) is 1. The van der Waals surface area contributed by atoms with Crippen LogP contribution in [0.5, 0.6) is 0 Å². The molecule has 1 unspecified atom stereocenters. The largest absolute Gasteiger partial charge is 0.356 e. The number of aromatic nitrogens is 2. The number of hydrogen-bond acceptors (Lipinski definition) is 3. The van der Waals surface area contributed by atoms with Gasteiger partial charge in [0.1, 0.15) is 0 Å². The Morgan fingerprint density at radius 3 is 2.73 bits per heavy atom. The molecule has 0 bridgehead atoms. The van der Waals surface area contributed by atoms with Gasteiger partial charge in [-0.05, 0) is 63.2 Å². The molecule has 3 heterocycles. The summed E-state index contributed by atoms with van der Waals surface area (Å²) in [6.07, 6.45) is 10.6. The van der Waals surface area contributed by atoms with E-state index < -0.39 is 0 Å². The number of aliphatic imine (C=N–C) groups is 1. The van der Waals surface area contributed by atoms with Gasteiger partial charge in [0.25, 0.3) is 0 Å². The van der Waals surface area contributed by atoms with Gasteiger partial charge in [0.2, 0.25) is 0 Å². The van der Waals surface area contributed by atoms with Gasteiger partial charge in [-0.2, -0.15) is 5.10 Å². The Labute approximate surface area is 158 Å². The molecule has 3 rings (SSSR count). The van der Waals surface area contributed by atoms with Crippen LogP contribution in [0.1, 0.15) is 50.5 Å². The van der Waals surface area contributed by atoms with Crippen LogP contribution in [0.3, 0.4) is 0 Å². The van der Waals surface area contributed by atoms with Crippen molar-refractivity contribution in [2.24, 2.45) is 18.0 Å². The number of rotatable bonds is 6. The van der Waals surface area contributed by atoms with Crippen molar-refractivity contribution in [3.63, 3.8) is 0 Å². The molecule has 1 atom stereocenters. The summed E-state index contributed by atoms with van der Waals surface area (Å²) in [5.41, 5.74) is 1.35. The molecule has 0 spiro atoms. The predicted octanol–water partition coefficient (Wildman–Crippen LogP) is 2.30. The molecule has 1 aromatic heterocycles. The van der Waals surface area contributed by atoms with Crippen LogP contribution in [-0.4, -0.2) is 71.9 Å². The number of hydrogen-bond donors (Lipinski definition) is 1. The number of guanidine groups is 1. The molecular formula is C20H36N6. The molecule has 26 heavy (non-hydrogen) atoms. The fourth-order valence-electron chi connectivity index (χ4n) is 4.15. The molecule has 0 saturated carbocycles. The number of piperidine rings is 1. The number of nitrogens with zero attached hydrogens (tertiary/aromatic N) is 5. The first-order valence-electron chi connectivity index (χ1n) is 10.3. The zero-order valence-electron chi connectivity index (χ0n) is 16.8. The Bertz CT molecular complexity index is 573. The third kappa shape index (κ3) is 5.22. The van der Waals surface area contributed by atoms with Gasteiger partial charge < -0.3 is 15.1 Å². The van der Waals surface area contributed by atoms with Crippen molar-refractivity contribution in [3.05, 3.63) is 18.0 Å².